The number of benzene rings is 1. The van der Waals surface area contributed by atoms with E-state index in [1.165, 1.54) is 6.42 Å². The molecule has 1 aliphatic carbocycles. The van der Waals surface area contributed by atoms with Crippen LogP contribution in [-0.2, 0) is 0 Å². The number of nitrogens with one attached hydrogen (secondary N) is 1. The standard InChI is InChI=1S/C15H18BrNO2/c1-15(2)8-11(15)13(16)9-3-4-12-10(7-9)14(18)17-5-6-19-12/h3-4,7,11,13H,5-6,8H2,1-2H3,(H,17,18). The van der Waals surface area contributed by atoms with E-state index in [0.29, 0.717) is 40.6 Å². The van der Waals surface area contributed by atoms with Gasteiger partial charge in [-0.3, -0.25) is 4.79 Å². The summed E-state index contributed by atoms with van der Waals surface area (Å²) in [5, 5.41) is 2.85. The molecule has 19 heavy (non-hydrogen) atoms. The quantitative estimate of drug-likeness (QED) is 0.848. The van der Waals surface area contributed by atoms with Crippen LogP contribution in [0.15, 0.2) is 18.2 Å². The van der Waals surface area contributed by atoms with Gasteiger partial charge in [0.05, 0.1) is 12.1 Å². The van der Waals surface area contributed by atoms with Crippen molar-refractivity contribution in [3.63, 3.8) is 0 Å². The number of hydrogen-bond donors (Lipinski definition) is 1. The second kappa shape index (κ2) is 4.51. The van der Waals surface area contributed by atoms with Crippen molar-refractivity contribution < 1.29 is 9.53 Å². The highest BCUT2D eigenvalue weighted by Gasteiger charge is 2.49. The molecule has 2 atom stereocenters. The average Bonchev–Trinajstić information content (AvgIpc) is 3.06. The van der Waals surface area contributed by atoms with Gasteiger partial charge in [-0.2, -0.15) is 0 Å². The van der Waals surface area contributed by atoms with E-state index in [4.69, 9.17) is 4.74 Å². The first-order valence-corrected chi connectivity index (χ1v) is 7.59. The SMILES string of the molecule is CC1(C)CC1C(Br)c1ccc2c(c1)C(=O)NCCO2. The molecule has 1 amide bonds. The number of carbonyl (C=O) groups is 1. The molecule has 1 N–H and O–H groups in total. The number of carbonyl (C=O) groups excluding carboxylic acids is 1. The minimum atomic E-state index is -0.0379. The van der Waals surface area contributed by atoms with Gasteiger partial charge in [0.1, 0.15) is 12.4 Å². The molecule has 1 aromatic carbocycles. The van der Waals surface area contributed by atoms with Crippen LogP contribution in [-0.4, -0.2) is 19.1 Å². The van der Waals surface area contributed by atoms with Gasteiger partial charge in [-0.05, 0) is 35.4 Å². The minimum absolute atomic E-state index is 0.0379. The molecular weight excluding hydrogens is 306 g/mol. The monoisotopic (exact) mass is 323 g/mol. The Kier molecular flexibility index (Phi) is 3.08. The van der Waals surface area contributed by atoms with E-state index in [0.717, 1.165) is 5.56 Å². The largest absolute Gasteiger partial charge is 0.491 e. The summed E-state index contributed by atoms with van der Waals surface area (Å²) in [7, 11) is 0. The van der Waals surface area contributed by atoms with E-state index in [9.17, 15) is 4.79 Å². The van der Waals surface area contributed by atoms with Gasteiger partial charge in [-0.1, -0.05) is 35.8 Å². The highest BCUT2D eigenvalue weighted by molar-refractivity contribution is 9.09. The molecule has 2 aliphatic rings. The predicted molar refractivity (Wildman–Crippen MR) is 77.8 cm³/mol. The lowest BCUT2D eigenvalue weighted by atomic mass is 10.0. The van der Waals surface area contributed by atoms with Gasteiger partial charge in [-0.15, -0.1) is 0 Å². The number of ether oxygens (including phenoxy) is 1. The Morgan fingerprint density at radius 3 is 2.89 bits per heavy atom. The van der Waals surface area contributed by atoms with E-state index >= 15 is 0 Å². The summed E-state index contributed by atoms with van der Waals surface area (Å²) in [6.45, 7) is 5.66. The van der Waals surface area contributed by atoms with Gasteiger partial charge >= 0.3 is 0 Å². The Bertz CT molecular complexity index is 527. The van der Waals surface area contributed by atoms with Crippen LogP contribution in [0.4, 0.5) is 0 Å². The first-order chi connectivity index (χ1) is 8.99. The molecule has 0 radical (unpaired) electrons. The van der Waals surface area contributed by atoms with Gasteiger partial charge in [0.25, 0.3) is 5.91 Å². The normalized spacial score (nSPS) is 25.6. The van der Waals surface area contributed by atoms with E-state index < -0.39 is 0 Å². The number of alkyl halides is 1. The summed E-state index contributed by atoms with van der Waals surface area (Å²) in [5.41, 5.74) is 2.22. The van der Waals surface area contributed by atoms with E-state index in [-0.39, 0.29) is 5.91 Å². The highest BCUT2D eigenvalue weighted by Crippen LogP contribution is 2.60. The highest BCUT2D eigenvalue weighted by atomic mass is 79.9. The maximum atomic E-state index is 12.0. The van der Waals surface area contributed by atoms with Crippen molar-refractivity contribution in [3.05, 3.63) is 29.3 Å². The topological polar surface area (TPSA) is 38.3 Å². The fourth-order valence-corrected chi connectivity index (χ4v) is 3.87. The second-order valence-corrected chi connectivity index (χ2v) is 7.05. The first kappa shape index (κ1) is 13.0. The molecule has 0 saturated heterocycles. The molecule has 3 rings (SSSR count). The van der Waals surface area contributed by atoms with Crippen LogP contribution in [0, 0.1) is 11.3 Å². The van der Waals surface area contributed by atoms with Gasteiger partial charge < -0.3 is 10.1 Å². The summed E-state index contributed by atoms with van der Waals surface area (Å²) in [6, 6.07) is 5.94. The molecule has 3 nitrogen and oxygen atoms in total. The van der Waals surface area contributed by atoms with Crippen molar-refractivity contribution in [1.29, 1.82) is 0 Å². The Morgan fingerprint density at radius 1 is 1.47 bits per heavy atom. The fraction of sp³-hybridized carbons (Fsp3) is 0.533. The number of halogens is 1. The van der Waals surface area contributed by atoms with Crippen LogP contribution in [0.25, 0.3) is 0 Å². The van der Waals surface area contributed by atoms with E-state index in [1.807, 2.05) is 12.1 Å². The van der Waals surface area contributed by atoms with Crippen LogP contribution in [0.5, 0.6) is 5.75 Å². The van der Waals surface area contributed by atoms with Crippen molar-refractivity contribution in [2.45, 2.75) is 25.1 Å². The third-order valence-corrected chi connectivity index (χ3v) is 5.32. The van der Waals surface area contributed by atoms with Gasteiger partial charge in [0.2, 0.25) is 0 Å². The molecule has 1 saturated carbocycles. The van der Waals surface area contributed by atoms with Crippen LogP contribution in [0.3, 0.4) is 0 Å². The van der Waals surface area contributed by atoms with Crippen LogP contribution in [0.1, 0.15) is 41.0 Å². The Balaban J connectivity index is 1.90. The molecule has 1 aromatic rings. The molecule has 2 unspecified atom stereocenters. The second-order valence-electron chi connectivity index (χ2n) is 6.06. The van der Waals surface area contributed by atoms with Crippen molar-refractivity contribution in [1.82, 2.24) is 5.32 Å². The lowest BCUT2D eigenvalue weighted by molar-refractivity contribution is 0.0957. The van der Waals surface area contributed by atoms with Crippen molar-refractivity contribution >= 4 is 21.8 Å². The van der Waals surface area contributed by atoms with Crippen LogP contribution in [0.2, 0.25) is 0 Å². The predicted octanol–water partition coefficient (Wildman–Crippen LogP) is 3.29. The average molecular weight is 324 g/mol. The number of fused-ring (bicyclic) bond motifs is 1. The number of hydrogen-bond acceptors (Lipinski definition) is 2. The molecule has 4 heteroatoms. The third-order valence-electron chi connectivity index (χ3n) is 4.15. The molecule has 0 spiro atoms. The molecule has 1 fully saturated rings. The summed E-state index contributed by atoms with van der Waals surface area (Å²) < 4.78 is 5.57. The fourth-order valence-electron chi connectivity index (χ4n) is 2.68. The Hall–Kier alpha value is -1.03. The van der Waals surface area contributed by atoms with E-state index in [2.05, 4.69) is 41.2 Å². The first-order valence-electron chi connectivity index (χ1n) is 6.68. The maximum absolute atomic E-state index is 12.0. The summed E-state index contributed by atoms with van der Waals surface area (Å²) in [5.74, 6) is 1.29. The lowest BCUT2D eigenvalue weighted by Crippen LogP contribution is -2.24. The molecule has 1 aliphatic heterocycles. The zero-order valence-electron chi connectivity index (χ0n) is 11.2. The molecule has 1 heterocycles. The third kappa shape index (κ3) is 2.38. The maximum Gasteiger partial charge on any atom is 0.255 e. The summed E-state index contributed by atoms with van der Waals surface area (Å²) in [4.78, 5) is 12.3. The Morgan fingerprint density at radius 2 is 2.21 bits per heavy atom. The van der Waals surface area contributed by atoms with Crippen LogP contribution < -0.4 is 10.1 Å². The van der Waals surface area contributed by atoms with Gasteiger partial charge in [-0.25, -0.2) is 0 Å². The number of rotatable bonds is 2. The Labute approximate surface area is 121 Å². The zero-order valence-corrected chi connectivity index (χ0v) is 12.8. The zero-order chi connectivity index (χ0) is 13.6. The van der Waals surface area contributed by atoms with Crippen LogP contribution >= 0.6 is 15.9 Å². The molecule has 0 bridgehead atoms. The lowest BCUT2D eigenvalue weighted by Gasteiger charge is -2.14. The van der Waals surface area contributed by atoms with E-state index in [1.54, 1.807) is 0 Å². The van der Waals surface area contributed by atoms with Gasteiger partial charge in [0, 0.05) is 4.83 Å². The smallest absolute Gasteiger partial charge is 0.255 e. The van der Waals surface area contributed by atoms with Crippen molar-refractivity contribution in [3.8, 4) is 5.75 Å². The molecular formula is C15H18BrNO2. The summed E-state index contributed by atoms with van der Waals surface area (Å²) >= 11 is 3.78. The molecule has 0 aromatic heterocycles. The molecule has 102 valence electrons. The minimum Gasteiger partial charge on any atom is -0.491 e. The van der Waals surface area contributed by atoms with Crippen molar-refractivity contribution in [2.24, 2.45) is 11.3 Å². The summed E-state index contributed by atoms with van der Waals surface area (Å²) in [6.07, 6.45) is 1.22. The van der Waals surface area contributed by atoms with Crippen molar-refractivity contribution in [2.75, 3.05) is 13.2 Å². The number of amides is 1. The van der Waals surface area contributed by atoms with Gasteiger partial charge in [0.15, 0.2) is 0 Å².